The van der Waals surface area contributed by atoms with Crippen LogP contribution in [0, 0.1) is 11.9 Å². The number of anilines is 6. The van der Waals surface area contributed by atoms with Gasteiger partial charge in [-0.1, -0.05) is 140 Å². The molecule has 6 heteroatoms. The Morgan fingerprint density at radius 2 is 0.638 bits per heavy atom. The van der Waals surface area contributed by atoms with Gasteiger partial charge in [0.15, 0.2) is 0 Å². The van der Waals surface area contributed by atoms with Crippen molar-refractivity contribution < 1.29 is 8.78 Å². The maximum atomic E-state index is 15.4. The van der Waals surface area contributed by atoms with E-state index in [4.69, 9.17) is 0 Å². The number of hydrogen-bond acceptors (Lipinski definition) is 4. The summed E-state index contributed by atoms with van der Waals surface area (Å²) in [7, 11) is 0. The third kappa shape index (κ3) is 4.78. The van der Waals surface area contributed by atoms with Crippen molar-refractivity contribution >= 4 is 66.7 Å². The van der Waals surface area contributed by atoms with Crippen molar-refractivity contribution in [2.45, 2.75) is 77.0 Å². The number of nitrogens with zero attached hydrogens (tertiary/aromatic N) is 4. The van der Waals surface area contributed by atoms with Gasteiger partial charge in [-0.2, -0.15) is 8.78 Å². The van der Waals surface area contributed by atoms with Crippen LogP contribution >= 0.6 is 0 Å². The van der Waals surface area contributed by atoms with E-state index < -0.39 is 11.9 Å². The van der Waals surface area contributed by atoms with Crippen molar-refractivity contribution in [1.82, 2.24) is 9.97 Å². The molecule has 0 saturated heterocycles. The molecule has 288 valence electrons. The summed E-state index contributed by atoms with van der Waals surface area (Å²) in [6, 6.07) is 47.0. The number of halogens is 2. The summed E-state index contributed by atoms with van der Waals surface area (Å²) in [4.78, 5) is 13.3. The van der Waals surface area contributed by atoms with Gasteiger partial charge in [-0.15, -0.1) is 0 Å². The molecule has 0 N–H and O–H groups in total. The van der Waals surface area contributed by atoms with Gasteiger partial charge in [0.25, 0.3) is 11.9 Å². The van der Waals surface area contributed by atoms with Crippen LogP contribution in [0.3, 0.4) is 0 Å². The highest BCUT2D eigenvalue weighted by Gasteiger charge is 2.47. The lowest BCUT2D eigenvalue weighted by Gasteiger charge is -2.42. The fraction of sp³-hybridized carbons (Fsp3) is 0.231. The summed E-state index contributed by atoms with van der Waals surface area (Å²) in [5, 5.41) is 3.17. The second-order valence-electron chi connectivity index (χ2n) is 18.2. The van der Waals surface area contributed by atoms with Crippen molar-refractivity contribution in [2.75, 3.05) is 9.80 Å². The predicted octanol–water partition coefficient (Wildman–Crippen LogP) is 14.3. The van der Waals surface area contributed by atoms with Crippen molar-refractivity contribution in [3.63, 3.8) is 0 Å². The Morgan fingerprint density at radius 1 is 0.362 bits per heavy atom. The molecule has 4 nitrogen and oxygen atoms in total. The van der Waals surface area contributed by atoms with Crippen LogP contribution in [-0.4, -0.2) is 9.97 Å². The Morgan fingerprint density at radius 3 is 0.931 bits per heavy atom. The van der Waals surface area contributed by atoms with E-state index >= 15 is 8.78 Å². The van der Waals surface area contributed by atoms with Gasteiger partial charge in [-0.25, -0.2) is 9.97 Å². The number of para-hydroxylation sites is 4. The SMILES string of the molecule is CC1(C)c2ccccc2N(c2ccc3c4ccc(N5c6ccccc6C(C)(C)C(C)(C)c6ccccc65)cc4c4nc(F)c(F)nc4c3c2)c2ccccc2C1(C)C. The zero-order chi connectivity index (χ0) is 40.5. The second kappa shape index (κ2) is 12.2. The minimum absolute atomic E-state index is 0.224. The summed E-state index contributed by atoms with van der Waals surface area (Å²) >= 11 is 0. The number of rotatable bonds is 2. The molecule has 0 unspecified atom stereocenters. The molecule has 0 atom stereocenters. The molecule has 0 radical (unpaired) electrons. The first kappa shape index (κ1) is 36.2. The van der Waals surface area contributed by atoms with Crippen molar-refractivity contribution in [2.24, 2.45) is 0 Å². The van der Waals surface area contributed by atoms with E-state index in [2.05, 4.69) is 209 Å². The maximum absolute atomic E-state index is 15.4. The molecule has 1 aromatic heterocycles. The van der Waals surface area contributed by atoms with Gasteiger partial charge in [0.05, 0.1) is 0 Å². The minimum atomic E-state index is -1.22. The van der Waals surface area contributed by atoms with Crippen LogP contribution in [0.25, 0.3) is 32.6 Å². The molecule has 2 aliphatic rings. The normalized spacial score (nSPS) is 17.3. The predicted molar refractivity (Wildman–Crippen MR) is 236 cm³/mol. The largest absolute Gasteiger partial charge is 0.310 e. The first-order chi connectivity index (χ1) is 27.6. The van der Waals surface area contributed by atoms with E-state index in [1.54, 1.807) is 0 Å². The van der Waals surface area contributed by atoms with Crippen LogP contribution in [0.15, 0.2) is 133 Å². The van der Waals surface area contributed by atoms with Crippen LogP contribution in [0.1, 0.15) is 77.6 Å². The molecule has 8 aromatic rings. The van der Waals surface area contributed by atoms with Crippen LogP contribution in [0.2, 0.25) is 0 Å². The van der Waals surface area contributed by atoms with E-state index in [1.807, 2.05) is 0 Å². The van der Waals surface area contributed by atoms with Crippen LogP contribution in [0.4, 0.5) is 42.9 Å². The average Bonchev–Trinajstić information content (AvgIpc) is 3.31. The summed E-state index contributed by atoms with van der Waals surface area (Å²) < 4.78 is 30.7. The van der Waals surface area contributed by atoms with Gasteiger partial charge in [0.1, 0.15) is 11.0 Å². The molecule has 0 spiro atoms. The lowest BCUT2D eigenvalue weighted by Crippen LogP contribution is -2.39. The first-order valence-corrected chi connectivity index (χ1v) is 20.1. The van der Waals surface area contributed by atoms with E-state index in [9.17, 15) is 0 Å². The molecular weight excluding hydrogens is 719 g/mol. The Bertz CT molecular complexity index is 2700. The van der Waals surface area contributed by atoms with E-state index in [0.717, 1.165) is 44.9 Å². The molecular formula is C52H46F2N4. The van der Waals surface area contributed by atoms with E-state index in [-0.39, 0.29) is 21.7 Å². The van der Waals surface area contributed by atoms with Crippen molar-refractivity contribution in [3.8, 4) is 0 Å². The zero-order valence-electron chi connectivity index (χ0n) is 34.2. The zero-order valence-corrected chi connectivity index (χ0v) is 34.2. The second-order valence-corrected chi connectivity index (χ2v) is 18.2. The van der Waals surface area contributed by atoms with Gasteiger partial charge in [0, 0.05) is 66.6 Å². The number of hydrogen-bond donors (Lipinski definition) is 0. The minimum Gasteiger partial charge on any atom is -0.310 e. The third-order valence-electron chi connectivity index (χ3n) is 14.5. The monoisotopic (exact) mass is 764 g/mol. The molecule has 3 heterocycles. The van der Waals surface area contributed by atoms with Gasteiger partial charge in [-0.05, 0) is 81.6 Å². The van der Waals surface area contributed by atoms with Gasteiger partial charge in [0.2, 0.25) is 0 Å². The molecule has 0 bridgehead atoms. The van der Waals surface area contributed by atoms with Gasteiger partial charge in [-0.3, -0.25) is 0 Å². The van der Waals surface area contributed by atoms with E-state index in [1.165, 1.54) is 22.3 Å². The highest BCUT2D eigenvalue weighted by Crippen LogP contribution is 2.57. The lowest BCUT2D eigenvalue weighted by molar-refractivity contribution is 0.307. The third-order valence-corrected chi connectivity index (χ3v) is 14.5. The van der Waals surface area contributed by atoms with Gasteiger partial charge >= 0.3 is 0 Å². The summed E-state index contributed by atoms with van der Waals surface area (Å²) in [5.41, 5.74) is 10.7. The average molecular weight is 765 g/mol. The molecule has 7 aromatic carbocycles. The number of fused-ring (bicyclic) bond motifs is 10. The molecule has 10 rings (SSSR count). The van der Waals surface area contributed by atoms with Crippen LogP contribution < -0.4 is 9.80 Å². The molecule has 0 saturated carbocycles. The Labute approximate surface area is 338 Å². The quantitative estimate of drug-likeness (QED) is 0.164. The lowest BCUT2D eigenvalue weighted by atomic mass is 9.61. The number of aromatic nitrogens is 2. The molecule has 2 aliphatic heterocycles. The summed E-state index contributed by atoms with van der Waals surface area (Å²) in [5.74, 6) is -2.44. The standard InChI is InChI=1S/C52H46F2N4/c1-49(2)37-17-9-13-21-41(37)57(42-22-14-10-18-38(42)50(49,3)4)31-25-27-33-34-28-26-32(30-36(34)46-45(35(33)29-31)55-47(53)48(54)56-46)58-43-23-15-11-19-39(43)51(5,6)52(7,8)40-20-12-16-24-44(40)58/h9-30H,1-8H3. The molecule has 58 heavy (non-hydrogen) atoms. The highest BCUT2D eigenvalue weighted by atomic mass is 19.2. The fourth-order valence-electron chi connectivity index (χ4n) is 9.93. The van der Waals surface area contributed by atoms with E-state index in [0.29, 0.717) is 21.8 Å². The Hall–Kier alpha value is -6.14. The summed E-state index contributed by atoms with van der Waals surface area (Å²) in [6.45, 7) is 18.5. The maximum Gasteiger partial charge on any atom is 0.269 e. The van der Waals surface area contributed by atoms with Crippen molar-refractivity contribution in [3.05, 3.63) is 168 Å². The highest BCUT2D eigenvalue weighted by molar-refractivity contribution is 6.24. The van der Waals surface area contributed by atoms with Crippen LogP contribution in [-0.2, 0) is 21.7 Å². The first-order valence-electron chi connectivity index (χ1n) is 20.1. The molecule has 0 aliphatic carbocycles. The van der Waals surface area contributed by atoms with Gasteiger partial charge < -0.3 is 9.80 Å². The number of benzene rings is 7. The van der Waals surface area contributed by atoms with Crippen molar-refractivity contribution in [1.29, 1.82) is 0 Å². The molecule has 0 amide bonds. The smallest absolute Gasteiger partial charge is 0.269 e. The van der Waals surface area contributed by atoms with Crippen LogP contribution in [0.5, 0.6) is 0 Å². The topological polar surface area (TPSA) is 32.3 Å². The fourth-order valence-corrected chi connectivity index (χ4v) is 9.93. The Kier molecular flexibility index (Phi) is 7.61. The molecule has 0 fully saturated rings. The summed E-state index contributed by atoms with van der Waals surface area (Å²) in [6.07, 6.45) is 0. The Balaban J connectivity index is 1.25.